The van der Waals surface area contributed by atoms with E-state index < -0.39 is 25.1 Å². The van der Waals surface area contributed by atoms with Crippen LogP contribution in [0.5, 0.6) is 0 Å². The quantitative estimate of drug-likeness (QED) is 0.723. The van der Waals surface area contributed by atoms with Crippen molar-refractivity contribution in [2.75, 3.05) is 0 Å². The molecule has 0 heterocycles. The molecule has 0 radical (unpaired) electrons. The summed E-state index contributed by atoms with van der Waals surface area (Å²) < 4.78 is 36.8. The first kappa shape index (κ1) is 18.0. The van der Waals surface area contributed by atoms with Gasteiger partial charge in [0.15, 0.2) is 0 Å². The standard InChI is InChI=1S/C10H18BF3NO.K/c1-8(11(12,13)14)7-10(16)15-9-5-3-2-4-6-9;/h8-9H,2-7H2,1H3,(H,15,16);/q-1;+1. The first-order valence-corrected chi connectivity index (χ1v) is 5.89. The Hall–Kier alpha value is 0.961. The van der Waals surface area contributed by atoms with Crippen LogP contribution in [-0.2, 0) is 4.79 Å². The van der Waals surface area contributed by atoms with Gasteiger partial charge in [-0.05, 0) is 12.8 Å². The first-order chi connectivity index (χ1) is 7.39. The zero-order valence-electron chi connectivity index (χ0n) is 10.5. The van der Waals surface area contributed by atoms with Crippen molar-refractivity contribution in [2.24, 2.45) is 0 Å². The van der Waals surface area contributed by atoms with E-state index in [-0.39, 0.29) is 57.4 Å². The SMILES string of the molecule is CC(CC(=O)NC1CCCCC1)[B-](F)(F)F.[K+]. The van der Waals surface area contributed by atoms with Crippen LogP contribution in [-0.4, -0.2) is 18.9 Å². The van der Waals surface area contributed by atoms with E-state index in [0.717, 1.165) is 39.0 Å². The van der Waals surface area contributed by atoms with Crippen LogP contribution in [0.1, 0.15) is 45.4 Å². The monoisotopic (exact) mass is 275 g/mol. The van der Waals surface area contributed by atoms with Crippen molar-refractivity contribution in [3.05, 3.63) is 0 Å². The fourth-order valence-corrected chi connectivity index (χ4v) is 1.96. The molecule has 0 aromatic carbocycles. The summed E-state index contributed by atoms with van der Waals surface area (Å²) >= 11 is 0. The largest absolute Gasteiger partial charge is 1.00 e. The molecule has 1 amide bonds. The molecule has 94 valence electrons. The van der Waals surface area contributed by atoms with Crippen molar-refractivity contribution in [1.29, 1.82) is 0 Å². The Morgan fingerprint density at radius 3 is 2.29 bits per heavy atom. The molecule has 1 atom stereocenters. The molecule has 0 saturated heterocycles. The number of carbonyl (C=O) groups is 1. The zero-order chi connectivity index (χ0) is 12.2. The fourth-order valence-electron chi connectivity index (χ4n) is 1.96. The molecular formula is C10H18BF3KNO. The van der Waals surface area contributed by atoms with Crippen molar-refractivity contribution >= 4 is 12.9 Å². The van der Waals surface area contributed by atoms with Crippen LogP contribution in [0, 0.1) is 0 Å². The van der Waals surface area contributed by atoms with E-state index in [1.54, 1.807) is 0 Å². The van der Waals surface area contributed by atoms with Gasteiger partial charge >= 0.3 is 58.4 Å². The van der Waals surface area contributed by atoms with Gasteiger partial charge in [0, 0.05) is 12.5 Å². The second-order valence-electron chi connectivity index (χ2n) is 4.71. The molecule has 7 heteroatoms. The molecule has 0 aromatic rings. The molecule has 1 fully saturated rings. The summed E-state index contributed by atoms with van der Waals surface area (Å²) in [5, 5.41) is 2.69. The summed E-state index contributed by atoms with van der Waals surface area (Å²) in [5.41, 5.74) is 0. The molecule has 1 aliphatic rings. The maximum Gasteiger partial charge on any atom is 1.00 e. The summed E-state index contributed by atoms with van der Waals surface area (Å²) in [7, 11) is 0. The van der Waals surface area contributed by atoms with Gasteiger partial charge < -0.3 is 18.3 Å². The molecule has 0 bridgehead atoms. The van der Waals surface area contributed by atoms with Crippen LogP contribution < -0.4 is 56.7 Å². The Morgan fingerprint density at radius 1 is 1.29 bits per heavy atom. The number of amides is 1. The smallest absolute Gasteiger partial charge is 0.449 e. The van der Waals surface area contributed by atoms with Gasteiger partial charge in [-0.25, -0.2) is 0 Å². The third-order valence-electron chi connectivity index (χ3n) is 3.12. The van der Waals surface area contributed by atoms with Crippen molar-refractivity contribution in [1.82, 2.24) is 5.32 Å². The molecule has 17 heavy (non-hydrogen) atoms. The van der Waals surface area contributed by atoms with Gasteiger partial charge in [-0.2, -0.15) is 0 Å². The molecule has 2 nitrogen and oxygen atoms in total. The maximum absolute atomic E-state index is 12.3. The van der Waals surface area contributed by atoms with E-state index in [1.165, 1.54) is 0 Å². The molecule has 0 aliphatic heterocycles. The molecule has 1 rings (SSSR count). The van der Waals surface area contributed by atoms with E-state index in [1.807, 2.05) is 0 Å². The van der Waals surface area contributed by atoms with Crippen molar-refractivity contribution in [3.63, 3.8) is 0 Å². The third kappa shape index (κ3) is 7.20. The number of hydrogen-bond acceptors (Lipinski definition) is 1. The van der Waals surface area contributed by atoms with E-state index >= 15 is 0 Å². The number of nitrogens with one attached hydrogen (secondary N) is 1. The zero-order valence-corrected chi connectivity index (χ0v) is 13.6. The molecule has 1 saturated carbocycles. The predicted molar refractivity (Wildman–Crippen MR) is 58.1 cm³/mol. The summed E-state index contributed by atoms with van der Waals surface area (Å²) in [6, 6.07) is 0.0918. The van der Waals surface area contributed by atoms with E-state index in [4.69, 9.17) is 0 Å². The molecule has 1 aliphatic carbocycles. The van der Waals surface area contributed by atoms with Crippen molar-refractivity contribution in [2.45, 2.75) is 57.3 Å². The molecular weight excluding hydrogens is 257 g/mol. The summed E-state index contributed by atoms with van der Waals surface area (Å²) in [4.78, 5) is 11.4. The van der Waals surface area contributed by atoms with Crippen molar-refractivity contribution in [3.8, 4) is 0 Å². The van der Waals surface area contributed by atoms with Crippen LogP contribution in [0.4, 0.5) is 12.9 Å². The Bertz CT molecular complexity index is 244. The van der Waals surface area contributed by atoms with Crippen molar-refractivity contribution < 1.29 is 69.1 Å². The van der Waals surface area contributed by atoms with Gasteiger partial charge in [0.05, 0.1) is 0 Å². The Morgan fingerprint density at radius 2 is 1.82 bits per heavy atom. The van der Waals surface area contributed by atoms with Crippen LogP contribution in [0.3, 0.4) is 0 Å². The van der Waals surface area contributed by atoms with Gasteiger partial charge in [0.25, 0.3) is 0 Å². The number of rotatable bonds is 4. The number of carbonyl (C=O) groups excluding carboxylic acids is 1. The van der Waals surface area contributed by atoms with Crippen LogP contribution >= 0.6 is 0 Å². The Labute approximate surface area is 143 Å². The second kappa shape index (κ2) is 8.20. The van der Waals surface area contributed by atoms with Gasteiger partial charge in [-0.15, -0.1) is 0 Å². The van der Waals surface area contributed by atoms with Gasteiger partial charge in [0.2, 0.25) is 5.91 Å². The number of hydrogen-bond donors (Lipinski definition) is 1. The normalized spacial score (nSPS) is 19.3. The number of halogens is 3. The minimum atomic E-state index is -4.89. The van der Waals surface area contributed by atoms with E-state index in [0.29, 0.717) is 0 Å². The average molecular weight is 275 g/mol. The minimum Gasteiger partial charge on any atom is -0.449 e. The van der Waals surface area contributed by atoms with Crippen LogP contribution in [0.25, 0.3) is 0 Å². The summed E-state index contributed by atoms with van der Waals surface area (Å²) in [6.45, 7) is -3.82. The van der Waals surface area contributed by atoms with E-state index in [2.05, 4.69) is 5.32 Å². The maximum atomic E-state index is 12.3. The second-order valence-corrected chi connectivity index (χ2v) is 4.71. The Balaban J connectivity index is 0.00000256. The topological polar surface area (TPSA) is 29.1 Å². The van der Waals surface area contributed by atoms with Crippen LogP contribution in [0.15, 0.2) is 0 Å². The first-order valence-electron chi connectivity index (χ1n) is 5.89. The predicted octanol–water partition coefficient (Wildman–Crippen LogP) is 0.0669. The summed E-state index contributed by atoms with van der Waals surface area (Å²) in [6.07, 6.45) is 4.65. The average Bonchev–Trinajstić information content (AvgIpc) is 2.17. The summed E-state index contributed by atoms with van der Waals surface area (Å²) in [5.74, 6) is -1.96. The fraction of sp³-hybridized carbons (Fsp3) is 0.900. The van der Waals surface area contributed by atoms with Crippen LogP contribution in [0.2, 0.25) is 5.82 Å². The molecule has 0 spiro atoms. The molecule has 0 aromatic heterocycles. The van der Waals surface area contributed by atoms with Gasteiger partial charge in [0.1, 0.15) is 0 Å². The molecule has 1 N–H and O–H groups in total. The minimum absolute atomic E-state index is 0. The van der Waals surface area contributed by atoms with Gasteiger partial charge in [-0.1, -0.05) is 32.0 Å². The van der Waals surface area contributed by atoms with E-state index in [9.17, 15) is 17.7 Å². The Kier molecular flexibility index (Phi) is 8.66. The molecule has 1 unspecified atom stereocenters. The third-order valence-corrected chi connectivity index (χ3v) is 3.12. The van der Waals surface area contributed by atoms with Gasteiger partial charge in [-0.3, -0.25) is 4.79 Å².